The fourth-order valence-electron chi connectivity index (χ4n) is 4.59. The van der Waals surface area contributed by atoms with Crippen molar-refractivity contribution in [1.29, 1.82) is 0 Å². The molecule has 6 nitrogen and oxygen atoms in total. The van der Waals surface area contributed by atoms with Gasteiger partial charge in [0.15, 0.2) is 0 Å². The Morgan fingerprint density at radius 2 is 1.80 bits per heavy atom. The van der Waals surface area contributed by atoms with Crippen LogP contribution in [0.25, 0.3) is 15.9 Å². The Hall–Kier alpha value is -2.22. The second kappa shape index (κ2) is 7.48. The van der Waals surface area contributed by atoms with E-state index in [1.807, 2.05) is 34.9 Å². The fraction of sp³-hybridized carbons (Fsp3) is 0.478. The first-order valence-corrected chi connectivity index (χ1v) is 11.5. The third-order valence-electron chi connectivity index (χ3n) is 6.20. The number of likely N-dealkylation sites (tertiary alicyclic amines) is 1. The van der Waals surface area contributed by atoms with E-state index in [9.17, 15) is 9.59 Å². The maximum absolute atomic E-state index is 13.6. The summed E-state index contributed by atoms with van der Waals surface area (Å²) in [5, 5.41) is 0. The number of thiophene rings is 1. The highest BCUT2D eigenvalue weighted by atomic mass is 32.1. The van der Waals surface area contributed by atoms with Crippen LogP contribution in [-0.4, -0.2) is 39.3 Å². The van der Waals surface area contributed by atoms with Crippen LogP contribution >= 0.6 is 11.3 Å². The zero-order valence-corrected chi connectivity index (χ0v) is 18.3. The quantitative estimate of drug-likeness (QED) is 0.644. The first kappa shape index (κ1) is 19.7. The Balaban J connectivity index is 1.72. The third-order valence-corrected chi connectivity index (χ3v) is 7.41. The molecule has 4 heterocycles. The maximum Gasteiger partial charge on any atom is 0.336 e. The van der Waals surface area contributed by atoms with Gasteiger partial charge in [0.2, 0.25) is 0 Å². The molecule has 0 unspecified atom stereocenters. The monoisotopic (exact) mass is 425 g/mol. The standard InChI is InChI=1S/C23H27N3O3S/c1-23(2)14-18-17(15-29-23)19-20(30-18)21(27)26(16-8-4-3-5-9-16)22(28)25(19)13-12-24-10-6-7-11-24/h3-5,8-9H,6-7,10-15H2,1-2H3. The number of hydrogen-bond acceptors (Lipinski definition) is 5. The molecule has 0 amide bonds. The van der Waals surface area contributed by atoms with Gasteiger partial charge >= 0.3 is 5.69 Å². The molecule has 0 radical (unpaired) electrons. The highest BCUT2D eigenvalue weighted by molar-refractivity contribution is 7.19. The number of rotatable bonds is 4. The van der Waals surface area contributed by atoms with Crippen molar-refractivity contribution in [2.24, 2.45) is 0 Å². The second-order valence-electron chi connectivity index (χ2n) is 8.87. The van der Waals surface area contributed by atoms with Gasteiger partial charge in [-0.15, -0.1) is 11.3 Å². The molecule has 1 fully saturated rings. The second-order valence-corrected chi connectivity index (χ2v) is 9.97. The van der Waals surface area contributed by atoms with Crippen LogP contribution < -0.4 is 11.2 Å². The molecule has 2 aromatic heterocycles. The molecule has 0 aliphatic carbocycles. The Bertz CT molecular complexity index is 1200. The van der Waals surface area contributed by atoms with E-state index in [2.05, 4.69) is 18.7 Å². The van der Waals surface area contributed by atoms with Crippen molar-refractivity contribution in [3.63, 3.8) is 0 Å². The van der Waals surface area contributed by atoms with Crippen molar-refractivity contribution in [3.8, 4) is 5.69 Å². The van der Waals surface area contributed by atoms with Crippen LogP contribution in [0.5, 0.6) is 0 Å². The van der Waals surface area contributed by atoms with Crippen molar-refractivity contribution in [2.75, 3.05) is 19.6 Å². The van der Waals surface area contributed by atoms with Gasteiger partial charge in [-0.25, -0.2) is 9.36 Å². The smallest absolute Gasteiger partial charge is 0.336 e. The van der Waals surface area contributed by atoms with Gasteiger partial charge in [-0.2, -0.15) is 0 Å². The summed E-state index contributed by atoms with van der Waals surface area (Å²) in [7, 11) is 0. The molecule has 1 aromatic carbocycles. The van der Waals surface area contributed by atoms with E-state index < -0.39 is 0 Å². The van der Waals surface area contributed by atoms with Crippen LogP contribution in [0.3, 0.4) is 0 Å². The Morgan fingerprint density at radius 3 is 2.53 bits per heavy atom. The molecule has 30 heavy (non-hydrogen) atoms. The predicted octanol–water partition coefficient (Wildman–Crippen LogP) is 3.16. The summed E-state index contributed by atoms with van der Waals surface area (Å²) < 4.78 is 9.87. The lowest BCUT2D eigenvalue weighted by molar-refractivity contribution is -0.0384. The molecule has 2 aliphatic heterocycles. The van der Waals surface area contributed by atoms with Crippen LogP contribution in [-0.2, 0) is 24.3 Å². The molecule has 3 aromatic rings. The summed E-state index contributed by atoms with van der Waals surface area (Å²) in [6.07, 6.45) is 3.18. The minimum absolute atomic E-state index is 0.226. The van der Waals surface area contributed by atoms with Crippen LogP contribution in [0.4, 0.5) is 0 Å². The lowest BCUT2D eigenvalue weighted by Crippen LogP contribution is -2.40. The van der Waals surface area contributed by atoms with E-state index in [-0.39, 0.29) is 16.9 Å². The molecule has 0 atom stereocenters. The van der Waals surface area contributed by atoms with Crippen LogP contribution in [0, 0.1) is 0 Å². The van der Waals surface area contributed by atoms with E-state index >= 15 is 0 Å². The number of aromatic nitrogens is 2. The van der Waals surface area contributed by atoms with Crippen molar-refractivity contribution in [3.05, 3.63) is 61.6 Å². The highest BCUT2D eigenvalue weighted by Gasteiger charge is 2.32. The molecule has 158 valence electrons. The van der Waals surface area contributed by atoms with E-state index in [0.29, 0.717) is 23.5 Å². The number of fused-ring (bicyclic) bond motifs is 3. The Kier molecular flexibility index (Phi) is 4.92. The summed E-state index contributed by atoms with van der Waals surface area (Å²) >= 11 is 1.53. The minimum Gasteiger partial charge on any atom is -0.370 e. The number of ether oxygens (including phenoxy) is 1. The number of hydrogen-bond donors (Lipinski definition) is 0. The summed E-state index contributed by atoms with van der Waals surface area (Å²) in [4.78, 5) is 30.6. The van der Waals surface area contributed by atoms with E-state index in [1.165, 1.54) is 33.6 Å². The molecule has 1 saturated heterocycles. The van der Waals surface area contributed by atoms with Crippen molar-refractivity contribution in [2.45, 2.75) is 51.9 Å². The molecular formula is C23H27N3O3S. The average Bonchev–Trinajstić information content (AvgIpc) is 3.36. The molecule has 5 rings (SSSR count). The lowest BCUT2D eigenvalue weighted by atomic mass is 9.98. The van der Waals surface area contributed by atoms with Gasteiger partial charge in [0, 0.05) is 30.0 Å². The van der Waals surface area contributed by atoms with Gasteiger partial charge in [0.1, 0.15) is 4.70 Å². The van der Waals surface area contributed by atoms with Gasteiger partial charge in [-0.3, -0.25) is 9.36 Å². The van der Waals surface area contributed by atoms with Gasteiger partial charge in [-0.05, 0) is 51.9 Å². The number of para-hydroxylation sites is 1. The zero-order valence-electron chi connectivity index (χ0n) is 17.5. The van der Waals surface area contributed by atoms with Crippen molar-refractivity contribution in [1.82, 2.24) is 14.0 Å². The largest absolute Gasteiger partial charge is 0.370 e. The van der Waals surface area contributed by atoms with E-state index in [4.69, 9.17) is 4.74 Å². The van der Waals surface area contributed by atoms with Gasteiger partial charge in [0.05, 0.1) is 23.4 Å². The summed E-state index contributed by atoms with van der Waals surface area (Å²) in [6.45, 7) is 8.14. The van der Waals surface area contributed by atoms with Crippen molar-refractivity contribution < 1.29 is 4.74 Å². The normalized spacial score (nSPS) is 18.7. The van der Waals surface area contributed by atoms with Gasteiger partial charge < -0.3 is 9.64 Å². The van der Waals surface area contributed by atoms with Crippen LogP contribution in [0.2, 0.25) is 0 Å². The van der Waals surface area contributed by atoms with Crippen LogP contribution in [0.1, 0.15) is 37.1 Å². The molecule has 7 heteroatoms. The topological polar surface area (TPSA) is 56.5 Å². The molecular weight excluding hydrogens is 398 g/mol. The SMILES string of the molecule is CC1(C)Cc2sc3c(=O)n(-c4ccccc4)c(=O)n(CCN4CCCC4)c3c2CO1. The lowest BCUT2D eigenvalue weighted by Gasteiger charge is -2.30. The molecule has 0 N–H and O–H groups in total. The summed E-state index contributed by atoms with van der Waals surface area (Å²) in [5.74, 6) is 0. The fourth-order valence-corrected chi connectivity index (χ4v) is 6.05. The van der Waals surface area contributed by atoms with Crippen LogP contribution in [0.15, 0.2) is 39.9 Å². The van der Waals surface area contributed by atoms with E-state index in [1.54, 1.807) is 0 Å². The minimum atomic E-state index is -0.261. The van der Waals surface area contributed by atoms with Gasteiger partial charge in [0.25, 0.3) is 5.56 Å². The average molecular weight is 426 g/mol. The maximum atomic E-state index is 13.6. The molecule has 2 aliphatic rings. The highest BCUT2D eigenvalue weighted by Crippen LogP contribution is 2.37. The summed E-state index contributed by atoms with van der Waals surface area (Å²) in [6, 6.07) is 9.24. The van der Waals surface area contributed by atoms with E-state index in [0.717, 1.165) is 37.1 Å². The first-order chi connectivity index (χ1) is 14.4. The molecule has 0 bridgehead atoms. The van der Waals surface area contributed by atoms with Gasteiger partial charge in [-0.1, -0.05) is 18.2 Å². The zero-order chi connectivity index (χ0) is 20.9. The third kappa shape index (κ3) is 3.35. The van der Waals surface area contributed by atoms with Crippen molar-refractivity contribution >= 4 is 21.6 Å². The summed E-state index contributed by atoms with van der Waals surface area (Å²) in [5.41, 5.74) is 1.68. The molecule has 0 spiro atoms. The predicted molar refractivity (Wildman–Crippen MR) is 120 cm³/mol. The molecule has 0 saturated carbocycles. The Labute approximate surface area is 179 Å². The number of benzene rings is 1. The Morgan fingerprint density at radius 1 is 1.07 bits per heavy atom. The number of nitrogens with zero attached hydrogens (tertiary/aromatic N) is 3. The first-order valence-electron chi connectivity index (χ1n) is 10.7.